The molecule has 3 rings (SSSR count). The van der Waals surface area contributed by atoms with Gasteiger partial charge in [-0.15, -0.1) is 0 Å². The highest BCUT2D eigenvalue weighted by Crippen LogP contribution is 2.32. The van der Waals surface area contributed by atoms with E-state index in [1.807, 2.05) is 10.9 Å². The van der Waals surface area contributed by atoms with Crippen LogP contribution in [0.2, 0.25) is 0 Å². The van der Waals surface area contributed by atoms with Crippen LogP contribution in [0.15, 0.2) is 30.6 Å². The van der Waals surface area contributed by atoms with Crippen molar-refractivity contribution in [3.8, 4) is 16.9 Å². The van der Waals surface area contributed by atoms with Gasteiger partial charge in [-0.1, -0.05) is 0 Å². The van der Waals surface area contributed by atoms with Gasteiger partial charge in [0.05, 0.1) is 6.20 Å². The molecule has 1 fully saturated rings. The van der Waals surface area contributed by atoms with Crippen LogP contribution >= 0.6 is 0 Å². The fourth-order valence-corrected chi connectivity index (χ4v) is 1.91. The van der Waals surface area contributed by atoms with E-state index in [0.29, 0.717) is 5.56 Å². The molecule has 0 saturated heterocycles. The van der Waals surface area contributed by atoms with Crippen molar-refractivity contribution in [2.75, 3.05) is 0 Å². The molecule has 1 aromatic carbocycles. The molecule has 0 aliphatic heterocycles. The fourth-order valence-electron chi connectivity index (χ4n) is 1.91. The molecule has 1 aliphatic rings. The number of phenolic OH excluding ortho intramolecular Hbond substituents is 1. The summed E-state index contributed by atoms with van der Waals surface area (Å²) in [6.07, 6.45) is 6.05. The Kier molecular flexibility index (Phi) is 2.35. The van der Waals surface area contributed by atoms with Crippen LogP contribution in [-0.2, 0) is 6.54 Å². The van der Waals surface area contributed by atoms with E-state index in [9.17, 15) is 9.50 Å². The SMILES string of the molecule is Oc1ccc(F)cc1-c1cnn(CC2CC2)c1. The summed E-state index contributed by atoms with van der Waals surface area (Å²) in [7, 11) is 0. The largest absolute Gasteiger partial charge is 0.507 e. The second-order valence-corrected chi connectivity index (χ2v) is 4.56. The van der Waals surface area contributed by atoms with Crippen molar-refractivity contribution in [3.63, 3.8) is 0 Å². The summed E-state index contributed by atoms with van der Waals surface area (Å²) in [6.45, 7) is 0.913. The molecule has 2 aromatic rings. The number of phenols is 1. The van der Waals surface area contributed by atoms with Gasteiger partial charge in [0, 0.05) is 23.9 Å². The van der Waals surface area contributed by atoms with Gasteiger partial charge in [-0.3, -0.25) is 4.68 Å². The van der Waals surface area contributed by atoms with Crippen molar-refractivity contribution < 1.29 is 9.50 Å². The van der Waals surface area contributed by atoms with Gasteiger partial charge >= 0.3 is 0 Å². The van der Waals surface area contributed by atoms with E-state index in [-0.39, 0.29) is 11.6 Å². The number of aromatic nitrogens is 2. The standard InChI is InChI=1S/C13H13FN2O/c14-11-3-4-13(17)12(5-11)10-6-15-16(8-10)7-9-1-2-9/h3-6,8-9,17H,1-2,7H2. The van der Waals surface area contributed by atoms with Gasteiger partial charge in [0.2, 0.25) is 0 Å². The van der Waals surface area contributed by atoms with Crippen molar-refractivity contribution in [2.24, 2.45) is 5.92 Å². The minimum atomic E-state index is -0.354. The third-order valence-corrected chi connectivity index (χ3v) is 3.05. The summed E-state index contributed by atoms with van der Waals surface area (Å²) in [5.41, 5.74) is 1.25. The zero-order chi connectivity index (χ0) is 11.8. The average molecular weight is 232 g/mol. The molecule has 88 valence electrons. The molecule has 0 amide bonds. The van der Waals surface area contributed by atoms with Gasteiger partial charge in [-0.05, 0) is 37.0 Å². The Bertz CT molecular complexity index is 546. The summed E-state index contributed by atoms with van der Waals surface area (Å²) in [6, 6.07) is 3.93. The molecule has 0 unspecified atom stereocenters. The van der Waals surface area contributed by atoms with Crippen molar-refractivity contribution in [1.82, 2.24) is 9.78 Å². The lowest BCUT2D eigenvalue weighted by Gasteiger charge is -2.01. The number of halogens is 1. The van der Waals surface area contributed by atoms with E-state index in [1.165, 1.54) is 31.0 Å². The van der Waals surface area contributed by atoms with Crippen molar-refractivity contribution in [2.45, 2.75) is 19.4 Å². The average Bonchev–Trinajstić information content (AvgIpc) is 2.99. The van der Waals surface area contributed by atoms with Crippen LogP contribution in [0.1, 0.15) is 12.8 Å². The molecule has 1 N–H and O–H groups in total. The summed E-state index contributed by atoms with van der Waals surface area (Å²) in [4.78, 5) is 0. The van der Waals surface area contributed by atoms with Crippen molar-refractivity contribution >= 4 is 0 Å². The molecule has 3 nitrogen and oxygen atoms in total. The normalized spacial score (nSPS) is 15.1. The molecule has 0 bridgehead atoms. The molecule has 1 aromatic heterocycles. The lowest BCUT2D eigenvalue weighted by Crippen LogP contribution is -1.98. The molecule has 1 saturated carbocycles. The first-order chi connectivity index (χ1) is 8.22. The Balaban J connectivity index is 1.91. The van der Waals surface area contributed by atoms with E-state index in [4.69, 9.17) is 0 Å². The molecule has 0 atom stereocenters. The summed E-state index contributed by atoms with van der Waals surface area (Å²) < 4.78 is 15.0. The first kappa shape index (κ1) is 10.3. The molecular formula is C13H13FN2O. The number of rotatable bonds is 3. The maximum atomic E-state index is 13.1. The Hall–Kier alpha value is -1.84. The minimum Gasteiger partial charge on any atom is -0.507 e. The fraction of sp³-hybridized carbons (Fsp3) is 0.308. The van der Waals surface area contributed by atoms with Gasteiger partial charge in [0.15, 0.2) is 0 Å². The number of benzene rings is 1. The second-order valence-electron chi connectivity index (χ2n) is 4.56. The summed E-state index contributed by atoms with van der Waals surface area (Å²) >= 11 is 0. The van der Waals surface area contributed by atoms with Crippen LogP contribution in [0.25, 0.3) is 11.1 Å². The molecule has 17 heavy (non-hydrogen) atoms. The Morgan fingerprint density at radius 2 is 2.24 bits per heavy atom. The molecular weight excluding hydrogens is 219 g/mol. The second kappa shape index (κ2) is 3.87. The molecule has 0 radical (unpaired) electrons. The highest BCUT2D eigenvalue weighted by Gasteiger charge is 2.22. The number of aromatic hydroxyl groups is 1. The maximum Gasteiger partial charge on any atom is 0.124 e. The quantitative estimate of drug-likeness (QED) is 0.883. The van der Waals surface area contributed by atoms with E-state index in [0.717, 1.165) is 18.0 Å². The van der Waals surface area contributed by atoms with E-state index in [1.54, 1.807) is 6.20 Å². The van der Waals surface area contributed by atoms with Gasteiger partial charge in [-0.2, -0.15) is 5.10 Å². The van der Waals surface area contributed by atoms with Gasteiger partial charge in [0.1, 0.15) is 11.6 Å². The number of nitrogens with zero attached hydrogens (tertiary/aromatic N) is 2. The zero-order valence-electron chi connectivity index (χ0n) is 9.31. The van der Waals surface area contributed by atoms with Crippen molar-refractivity contribution in [1.29, 1.82) is 0 Å². The Morgan fingerprint density at radius 3 is 3.00 bits per heavy atom. The lowest BCUT2D eigenvalue weighted by molar-refractivity contribution is 0.475. The predicted molar refractivity (Wildman–Crippen MR) is 62.0 cm³/mol. The maximum absolute atomic E-state index is 13.1. The van der Waals surface area contributed by atoms with Gasteiger partial charge < -0.3 is 5.11 Å². The lowest BCUT2D eigenvalue weighted by atomic mass is 10.1. The van der Waals surface area contributed by atoms with E-state index in [2.05, 4.69) is 5.10 Å². The number of hydrogen-bond acceptors (Lipinski definition) is 2. The third kappa shape index (κ3) is 2.16. The predicted octanol–water partition coefficient (Wildman–Crippen LogP) is 2.80. The van der Waals surface area contributed by atoms with Crippen molar-refractivity contribution in [3.05, 3.63) is 36.4 Å². The molecule has 1 aliphatic carbocycles. The summed E-state index contributed by atoms with van der Waals surface area (Å²) in [5.74, 6) is 0.467. The van der Waals surface area contributed by atoms with Crippen LogP contribution < -0.4 is 0 Å². The van der Waals surface area contributed by atoms with Gasteiger partial charge in [0.25, 0.3) is 0 Å². The topological polar surface area (TPSA) is 38.1 Å². The number of hydrogen-bond donors (Lipinski definition) is 1. The van der Waals surface area contributed by atoms with E-state index < -0.39 is 0 Å². The van der Waals surface area contributed by atoms with Crippen LogP contribution in [-0.4, -0.2) is 14.9 Å². The molecule has 4 heteroatoms. The Labute approximate surface area is 98.5 Å². The highest BCUT2D eigenvalue weighted by atomic mass is 19.1. The molecule has 0 spiro atoms. The first-order valence-electron chi connectivity index (χ1n) is 5.74. The minimum absolute atomic E-state index is 0.0809. The van der Waals surface area contributed by atoms with Gasteiger partial charge in [-0.25, -0.2) is 4.39 Å². The zero-order valence-corrected chi connectivity index (χ0v) is 9.31. The Morgan fingerprint density at radius 1 is 1.41 bits per heavy atom. The molecule has 1 heterocycles. The smallest absolute Gasteiger partial charge is 0.124 e. The van der Waals surface area contributed by atoms with Crippen LogP contribution in [0.4, 0.5) is 4.39 Å². The third-order valence-electron chi connectivity index (χ3n) is 3.05. The van der Waals surface area contributed by atoms with Crippen LogP contribution in [0.3, 0.4) is 0 Å². The summed E-state index contributed by atoms with van der Waals surface area (Å²) in [5, 5.41) is 13.9. The monoisotopic (exact) mass is 232 g/mol. The first-order valence-corrected chi connectivity index (χ1v) is 5.74. The van der Waals surface area contributed by atoms with E-state index >= 15 is 0 Å². The van der Waals surface area contributed by atoms with Crippen LogP contribution in [0.5, 0.6) is 5.75 Å². The van der Waals surface area contributed by atoms with Crippen LogP contribution in [0, 0.1) is 11.7 Å². The highest BCUT2D eigenvalue weighted by molar-refractivity contribution is 5.68.